The molecule has 0 saturated carbocycles. The third-order valence-corrected chi connectivity index (χ3v) is 6.15. The minimum absolute atomic E-state index is 0.0397. The van der Waals surface area contributed by atoms with Crippen molar-refractivity contribution in [1.29, 1.82) is 0 Å². The Morgan fingerprint density at radius 1 is 1.00 bits per heavy atom. The fourth-order valence-electron chi connectivity index (χ4n) is 4.58. The lowest BCUT2D eigenvalue weighted by atomic mass is 9.90. The van der Waals surface area contributed by atoms with Crippen LogP contribution in [0.3, 0.4) is 0 Å². The fraction of sp³-hybridized carbons (Fsp3) is 0.375. The summed E-state index contributed by atoms with van der Waals surface area (Å²) in [7, 11) is 0. The van der Waals surface area contributed by atoms with Gasteiger partial charge in [-0.2, -0.15) is 0 Å². The van der Waals surface area contributed by atoms with Gasteiger partial charge in [0.1, 0.15) is 11.3 Å². The van der Waals surface area contributed by atoms with E-state index in [9.17, 15) is 4.79 Å². The first-order chi connectivity index (χ1) is 14.6. The molecule has 154 valence electrons. The van der Waals surface area contributed by atoms with Gasteiger partial charge in [-0.25, -0.2) is 9.97 Å². The summed E-state index contributed by atoms with van der Waals surface area (Å²) in [5.41, 5.74) is 5.34. The predicted octanol–water partition coefficient (Wildman–Crippen LogP) is 3.91. The molecule has 6 nitrogen and oxygen atoms in total. The summed E-state index contributed by atoms with van der Waals surface area (Å²) in [5.74, 6) is 0.515. The maximum Gasteiger partial charge on any atom is 0.258 e. The second kappa shape index (κ2) is 7.69. The first-order valence-corrected chi connectivity index (χ1v) is 10.8. The lowest BCUT2D eigenvalue weighted by Crippen LogP contribution is -2.33. The fourth-order valence-corrected chi connectivity index (χ4v) is 4.58. The molecule has 1 aliphatic heterocycles. The number of imidazole rings is 1. The number of likely N-dealkylation sites (tertiary alicyclic amines) is 1. The Morgan fingerprint density at radius 3 is 2.60 bits per heavy atom. The van der Waals surface area contributed by atoms with Crippen LogP contribution in [-0.4, -0.2) is 43.3 Å². The van der Waals surface area contributed by atoms with E-state index in [1.54, 1.807) is 10.5 Å². The summed E-state index contributed by atoms with van der Waals surface area (Å²) in [5, 5.41) is 0. The quantitative estimate of drug-likeness (QED) is 0.520. The zero-order chi connectivity index (χ0) is 20.7. The Morgan fingerprint density at radius 2 is 1.80 bits per heavy atom. The van der Waals surface area contributed by atoms with Gasteiger partial charge in [0.15, 0.2) is 0 Å². The predicted molar refractivity (Wildman–Crippen MR) is 119 cm³/mol. The van der Waals surface area contributed by atoms with Crippen molar-refractivity contribution in [2.45, 2.75) is 39.0 Å². The van der Waals surface area contributed by atoms with Gasteiger partial charge in [-0.3, -0.25) is 9.20 Å². The molecule has 4 aromatic heterocycles. The standard InChI is InChI=1S/C24H27N5O/c1-3-10-27-11-8-18(9-12-27)19-4-7-23-26-21(13-24(30)29(23)16-19)20-5-6-22-25-17(2)14-28(22)15-20/h4-7,13-16,18H,3,8-12H2,1-2H3. The second-order valence-electron chi connectivity index (χ2n) is 8.35. The van der Waals surface area contributed by atoms with Crippen molar-refractivity contribution in [2.75, 3.05) is 19.6 Å². The summed E-state index contributed by atoms with van der Waals surface area (Å²) in [6.45, 7) is 7.66. The first-order valence-electron chi connectivity index (χ1n) is 10.8. The zero-order valence-corrected chi connectivity index (χ0v) is 17.6. The summed E-state index contributed by atoms with van der Waals surface area (Å²) in [6, 6.07) is 9.69. The van der Waals surface area contributed by atoms with Crippen LogP contribution in [0, 0.1) is 6.92 Å². The molecule has 0 N–H and O–H groups in total. The molecule has 0 unspecified atom stereocenters. The SMILES string of the molecule is CCCN1CCC(c2ccc3nc(-c4ccc5nc(C)cn5c4)cc(=O)n3c2)CC1. The Labute approximate surface area is 175 Å². The van der Waals surface area contributed by atoms with Gasteiger partial charge in [0.05, 0.1) is 11.4 Å². The average Bonchev–Trinajstić information content (AvgIpc) is 3.13. The van der Waals surface area contributed by atoms with E-state index >= 15 is 0 Å². The van der Waals surface area contributed by atoms with Crippen molar-refractivity contribution < 1.29 is 0 Å². The van der Waals surface area contributed by atoms with Crippen molar-refractivity contribution in [3.63, 3.8) is 0 Å². The second-order valence-corrected chi connectivity index (χ2v) is 8.35. The summed E-state index contributed by atoms with van der Waals surface area (Å²) in [4.78, 5) is 24.7. The number of hydrogen-bond acceptors (Lipinski definition) is 4. The zero-order valence-electron chi connectivity index (χ0n) is 17.6. The van der Waals surface area contributed by atoms with Gasteiger partial charge >= 0.3 is 0 Å². The van der Waals surface area contributed by atoms with Crippen LogP contribution in [0.1, 0.15) is 43.4 Å². The molecule has 0 aliphatic carbocycles. The highest BCUT2D eigenvalue weighted by atomic mass is 16.1. The molecular formula is C24H27N5O. The highest BCUT2D eigenvalue weighted by Gasteiger charge is 2.20. The third kappa shape index (κ3) is 3.52. The molecule has 0 atom stereocenters. The van der Waals surface area contributed by atoms with Crippen molar-refractivity contribution in [1.82, 2.24) is 23.7 Å². The number of aryl methyl sites for hydroxylation is 1. The van der Waals surface area contributed by atoms with Crippen LogP contribution in [0.15, 0.2) is 53.7 Å². The van der Waals surface area contributed by atoms with E-state index in [0.717, 1.165) is 42.8 Å². The number of rotatable bonds is 4. The number of nitrogens with zero attached hydrogens (tertiary/aromatic N) is 5. The normalized spacial score (nSPS) is 15.9. The van der Waals surface area contributed by atoms with E-state index in [1.807, 2.05) is 48.1 Å². The highest BCUT2D eigenvalue weighted by molar-refractivity contribution is 5.63. The third-order valence-electron chi connectivity index (χ3n) is 6.15. The maximum absolute atomic E-state index is 12.9. The lowest BCUT2D eigenvalue weighted by molar-refractivity contribution is 0.212. The Balaban J connectivity index is 1.46. The van der Waals surface area contributed by atoms with Crippen LogP contribution < -0.4 is 5.56 Å². The van der Waals surface area contributed by atoms with Crippen LogP contribution in [0.2, 0.25) is 0 Å². The van der Waals surface area contributed by atoms with Crippen molar-refractivity contribution >= 4 is 11.3 Å². The number of hydrogen-bond donors (Lipinski definition) is 0. The largest absolute Gasteiger partial charge is 0.306 e. The van der Waals surface area contributed by atoms with Gasteiger partial charge < -0.3 is 9.30 Å². The van der Waals surface area contributed by atoms with Crippen LogP contribution in [0.25, 0.3) is 22.6 Å². The molecule has 0 amide bonds. The Kier molecular flexibility index (Phi) is 4.87. The average molecular weight is 402 g/mol. The van der Waals surface area contributed by atoms with Gasteiger partial charge in [-0.15, -0.1) is 0 Å². The molecule has 0 spiro atoms. The van der Waals surface area contributed by atoms with E-state index in [0.29, 0.717) is 17.3 Å². The molecule has 1 aliphatic rings. The topological polar surface area (TPSA) is 54.9 Å². The molecule has 0 bridgehead atoms. The van der Waals surface area contributed by atoms with Gasteiger partial charge in [-0.1, -0.05) is 13.0 Å². The molecule has 6 heteroatoms. The van der Waals surface area contributed by atoms with Crippen LogP contribution in [-0.2, 0) is 0 Å². The molecular weight excluding hydrogens is 374 g/mol. The number of aromatic nitrogens is 4. The maximum atomic E-state index is 12.9. The first kappa shape index (κ1) is 19.0. The number of fused-ring (bicyclic) bond motifs is 2. The van der Waals surface area contributed by atoms with Gasteiger partial charge in [0, 0.05) is 30.2 Å². The molecule has 30 heavy (non-hydrogen) atoms. The minimum Gasteiger partial charge on any atom is -0.306 e. The number of piperidine rings is 1. The van der Waals surface area contributed by atoms with Gasteiger partial charge in [0.2, 0.25) is 0 Å². The van der Waals surface area contributed by atoms with E-state index < -0.39 is 0 Å². The van der Waals surface area contributed by atoms with Crippen molar-refractivity contribution in [2.24, 2.45) is 0 Å². The van der Waals surface area contributed by atoms with Gasteiger partial charge in [0.25, 0.3) is 5.56 Å². The lowest BCUT2D eigenvalue weighted by Gasteiger charge is -2.31. The molecule has 1 fully saturated rings. The van der Waals surface area contributed by atoms with Gasteiger partial charge in [-0.05, 0) is 75.5 Å². The van der Waals surface area contributed by atoms with Crippen LogP contribution in [0.4, 0.5) is 0 Å². The van der Waals surface area contributed by atoms with Crippen molar-refractivity contribution in [3.05, 3.63) is 70.5 Å². The molecule has 4 aromatic rings. The van der Waals surface area contributed by atoms with E-state index in [2.05, 4.69) is 22.9 Å². The summed E-state index contributed by atoms with van der Waals surface area (Å²) < 4.78 is 3.67. The monoisotopic (exact) mass is 401 g/mol. The summed E-state index contributed by atoms with van der Waals surface area (Å²) >= 11 is 0. The Bertz CT molecular complexity index is 1260. The van der Waals surface area contributed by atoms with E-state index in [-0.39, 0.29) is 5.56 Å². The van der Waals surface area contributed by atoms with Crippen molar-refractivity contribution in [3.8, 4) is 11.3 Å². The molecule has 5 rings (SSSR count). The molecule has 1 saturated heterocycles. The number of pyridine rings is 2. The van der Waals surface area contributed by atoms with E-state index in [4.69, 9.17) is 4.98 Å². The molecule has 0 aromatic carbocycles. The van der Waals surface area contributed by atoms with Crippen LogP contribution >= 0.6 is 0 Å². The van der Waals surface area contributed by atoms with E-state index in [1.165, 1.54) is 18.5 Å². The minimum atomic E-state index is -0.0397. The van der Waals surface area contributed by atoms with Crippen LogP contribution in [0.5, 0.6) is 0 Å². The smallest absolute Gasteiger partial charge is 0.258 e. The Hall–Kier alpha value is -2.99. The molecule has 5 heterocycles. The highest BCUT2D eigenvalue weighted by Crippen LogP contribution is 2.28. The summed E-state index contributed by atoms with van der Waals surface area (Å²) in [6.07, 6.45) is 9.46. The molecule has 0 radical (unpaired) electrons.